The Balaban J connectivity index is 1.52. The van der Waals surface area contributed by atoms with E-state index in [2.05, 4.69) is 11.0 Å². The highest BCUT2D eigenvalue weighted by atomic mass is 16.6. The first-order valence-electron chi connectivity index (χ1n) is 7.14. The van der Waals surface area contributed by atoms with E-state index in [0.717, 1.165) is 57.0 Å². The third-order valence-corrected chi connectivity index (χ3v) is 4.45. The minimum Gasteiger partial charge on any atom is -0.465 e. The second kappa shape index (κ2) is 5.27. The van der Waals surface area contributed by atoms with Crippen LogP contribution in [0, 0.1) is 6.92 Å². The molecule has 1 unspecified atom stereocenters. The molecule has 106 valence electrons. The first-order valence-corrected chi connectivity index (χ1v) is 7.14. The Morgan fingerprint density at radius 1 is 1.37 bits per heavy atom. The van der Waals surface area contributed by atoms with E-state index in [1.807, 2.05) is 13.0 Å². The summed E-state index contributed by atoms with van der Waals surface area (Å²) in [6, 6.07) is 4.11. The van der Waals surface area contributed by atoms with E-state index in [4.69, 9.17) is 13.9 Å². The summed E-state index contributed by atoms with van der Waals surface area (Å²) in [5.74, 6) is 2.06. The third kappa shape index (κ3) is 2.86. The monoisotopic (exact) mass is 265 g/mol. The van der Waals surface area contributed by atoms with E-state index in [1.54, 1.807) is 7.11 Å². The smallest absolute Gasteiger partial charge is 0.118 e. The van der Waals surface area contributed by atoms with Gasteiger partial charge in [0.25, 0.3) is 0 Å². The highest BCUT2D eigenvalue weighted by Gasteiger charge is 2.42. The Labute approximate surface area is 114 Å². The average Bonchev–Trinajstić information content (AvgIpc) is 3.00. The molecule has 3 rings (SSSR count). The number of hydrogen-bond donors (Lipinski definition) is 0. The predicted molar refractivity (Wildman–Crippen MR) is 72.1 cm³/mol. The summed E-state index contributed by atoms with van der Waals surface area (Å²) in [7, 11) is 1.78. The molecule has 1 aromatic heterocycles. The van der Waals surface area contributed by atoms with E-state index in [-0.39, 0.29) is 5.60 Å². The summed E-state index contributed by atoms with van der Waals surface area (Å²) >= 11 is 0. The van der Waals surface area contributed by atoms with Crippen LogP contribution < -0.4 is 0 Å². The molecule has 1 spiro atoms. The van der Waals surface area contributed by atoms with Crippen molar-refractivity contribution in [1.29, 1.82) is 0 Å². The van der Waals surface area contributed by atoms with Crippen LogP contribution in [0.2, 0.25) is 0 Å². The van der Waals surface area contributed by atoms with Crippen LogP contribution in [0.5, 0.6) is 0 Å². The second-order valence-corrected chi connectivity index (χ2v) is 5.84. The lowest BCUT2D eigenvalue weighted by Gasteiger charge is -2.38. The highest BCUT2D eigenvalue weighted by molar-refractivity contribution is 5.06. The lowest BCUT2D eigenvalue weighted by molar-refractivity contribution is -0.0468. The van der Waals surface area contributed by atoms with Crippen LogP contribution in [0.25, 0.3) is 0 Å². The molecule has 0 amide bonds. The number of methoxy groups -OCH3 is 1. The van der Waals surface area contributed by atoms with Crippen molar-refractivity contribution in [3.8, 4) is 0 Å². The van der Waals surface area contributed by atoms with Gasteiger partial charge in [0.2, 0.25) is 0 Å². The molecule has 0 radical (unpaired) electrons. The molecule has 19 heavy (non-hydrogen) atoms. The summed E-state index contributed by atoms with van der Waals surface area (Å²) in [6.07, 6.45) is 3.55. The maximum Gasteiger partial charge on any atom is 0.118 e. The Morgan fingerprint density at radius 2 is 2.16 bits per heavy atom. The van der Waals surface area contributed by atoms with Crippen molar-refractivity contribution in [1.82, 2.24) is 4.90 Å². The van der Waals surface area contributed by atoms with E-state index in [0.29, 0.717) is 6.10 Å². The van der Waals surface area contributed by atoms with Gasteiger partial charge in [-0.1, -0.05) is 0 Å². The van der Waals surface area contributed by atoms with Crippen molar-refractivity contribution in [3.63, 3.8) is 0 Å². The lowest BCUT2D eigenvalue weighted by atomic mass is 9.88. The van der Waals surface area contributed by atoms with Crippen LogP contribution in [-0.2, 0) is 16.0 Å². The fraction of sp³-hybridized carbons (Fsp3) is 0.733. The van der Waals surface area contributed by atoms with Crippen LogP contribution in [-0.4, -0.2) is 43.4 Å². The standard InChI is InChI=1S/C15H23NO3/c1-12-3-4-13(19-12)10-16-7-5-15(6-8-16)9-14(17-2)11-18-15/h3-4,14H,5-11H2,1-2H3. The number of piperidine rings is 1. The number of aryl methyl sites for hydroxylation is 1. The minimum atomic E-state index is 0.0796. The summed E-state index contributed by atoms with van der Waals surface area (Å²) in [6.45, 7) is 5.82. The molecule has 0 bridgehead atoms. The Morgan fingerprint density at radius 3 is 2.74 bits per heavy atom. The van der Waals surface area contributed by atoms with Crippen molar-refractivity contribution >= 4 is 0 Å². The van der Waals surface area contributed by atoms with Crippen molar-refractivity contribution in [2.75, 3.05) is 26.8 Å². The second-order valence-electron chi connectivity index (χ2n) is 5.84. The summed E-state index contributed by atoms with van der Waals surface area (Å²) in [5.41, 5.74) is 0.0796. The predicted octanol–water partition coefficient (Wildman–Crippen LogP) is 2.36. The van der Waals surface area contributed by atoms with Gasteiger partial charge >= 0.3 is 0 Å². The maximum atomic E-state index is 6.01. The third-order valence-electron chi connectivity index (χ3n) is 4.45. The van der Waals surface area contributed by atoms with Gasteiger partial charge in [0.05, 0.1) is 24.9 Å². The van der Waals surface area contributed by atoms with E-state index in [1.165, 1.54) is 0 Å². The molecule has 4 nitrogen and oxygen atoms in total. The first kappa shape index (κ1) is 13.2. The molecule has 0 N–H and O–H groups in total. The van der Waals surface area contributed by atoms with Crippen LogP contribution in [0.1, 0.15) is 30.8 Å². The zero-order valence-corrected chi connectivity index (χ0v) is 11.9. The van der Waals surface area contributed by atoms with E-state index < -0.39 is 0 Å². The first-order chi connectivity index (χ1) is 9.19. The van der Waals surface area contributed by atoms with Gasteiger partial charge in [0, 0.05) is 26.6 Å². The van der Waals surface area contributed by atoms with Crippen molar-refractivity contribution in [3.05, 3.63) is 23.7 Å². The van der Waals surface area contributed by atoms with Gasteiger partial charge in [-0.15, -0.1) is 0 Å². The fourth-order valence-electron chi connectivity index (χ4n) is 3.21. The quantitative estimate of drug-likeness (QED) is 0.840. The molecule has 3 heterocycles. The van der Waals surface area contributed by atoms with Crippen molar-refractivity contribution in [2.24, 2.45) is 0 Å². The summed E-state index contributed by atoms with van der Waals surface area (Å²) in [4.78, 5) is 2.45. The van der Waals surface area contributed by atoms with Gasteiger partial charge in [0.15, 0.2) is 0 Å². The minimum absolute atomic E-state index is 0.0796. The number of likely N-dealkylation sites (tertiary alicyclic amines) is 1. The van der Waals surface area contributed by atoms with Gasteiger partial charge in [-0.25, -0.2) is 0 Å². The fourth-order valence-corrected chi connectivity index (χ4v) is 3.21. The molecule has 0 aliphatic carbocycles. The number of ether oxygens (including phenoxy) is 2. The number of nitrogens with zero attached hydrogens (tertiary/aromatic N) is 1. The van der Waals surface area contributed by atoms with Gasteiger partial charge in [-0.3, -0.25) is 4.90 Å². The average molecular weight is 265 g/mol. The zero-order valence-electron chi connectivity index (χ0n) is 11.9. The van der Waals surface area contributed by atoms with Crippen LogP contribution in [0.4, 0.5) is 0 Å². The number of furan rings is 1. The van der Waals surface area contributed by atoms with Gasteiger partial charge in [-0.2, -0.15) is 0 Å². The lowest BCUT2D eigenvalue weighted by Crippen LogP contribution is -2.43. The van der Waals surface area contributed by atoms with Gasteiger partial charge in [0.1, 0.15) is 11.5 Å². The van der Waals surface area contributed by atoms with Gasteiger partial charge in [-0.05, 0) is 31.9 Å². The van der Waals surface area contributed by atoms with Crippen molar-refractivity contribution < 1.29 is 13.9 Å². The van der Waals surface area contributed by atoms with Gasteiger partial charge < -0.3 is 13.9 Å². The molecule has 2 aliphatic rings. The molecule has 4 heteroatoms. The van der Waals surface area contributed by atoms with Crippen molar-refractivity contribution in [2.45, 2.75) is 44.4 Å². The maximum absolute atomic E-state index is 6.01. The summed E-state index contributed by atoms with van der Waals surface area (Å²) in [5, 5.41) is 0. The normalized spacial score (nSPS) is 27.2. The molecule has 0 saturated carbocycles. The Hall–Kier alpha value is -0.840. The highest BCUT2D eigenvalue weighted by Crippen LogP contribution is 2.37. The Kier molecular flexibility index (Phi) is 3.65. The zero-order chi connectivity index (χ0) is 13.3. The Bertz CT molecular complexity index is 421. The molecule has 0 aromatic carbocycles. The SMILES string of the molecule is COC1COC2(CCN(Cc3ccc(C)o3)CC2)C1. The van der Waals surface area contributed by atoms with Crippen LogP contribution in [0.3, 0.4) is 0 Å². The van der Waals surface area contributed by atoms with E-state index in [9.17, 15) is 0 Å². The molecular weight excluding hydrogens is 242 g/mol. The topological polar surface area (TPSA) is 34.8 Å². The molecule has 1 atom stereocenters. The van der Waals surface area contributed by atoms with E-state index >= 15 is 0 Å². The molecule has 1 aromatic rings. The molecular formula is C15H23NO3. The van der Waals surface area contributed by atoms with Crippen LogP contribution in [0.15, 0.2) is 16.5 Å². The number of rotatable bonds is 3. The molecule has 2 saturated heterocycles. The molecule has 2 aliphatic heterocycles. The number of hydrogen-bond acceptors (Lipinski definition) is 4. The molecule has 2 fully saturated rings. The largest absolute Gasteiger partial charge is 0.465 e. The summed E-state index contributed by atoms with van der Waals surface area (Å²) < 4.78 is 17.1. The van der Waals surface area contributed by atoms with Crippen LogP contribution >= 0.6 is 0 Å².